The summed E-state index contributed by atoms with van der Waals surface area (Å²) in [4.78, 5) is 2.81. The Hall–Kier alpha value is -0.150. The van der Waals surface area contributed by atoms with Crippen molar-refractivity contribution in [2.45, 2.75) is 39.7 Å². The van der Waals surface area contributed by atoms with Gasteiger partial charge in [0, 0.05) is 6.54 Å². The number of rotatable bonds is 6. The van der Waals surface area contributed by atoms with E-state index in [0.29, 0.717) is 4.99 Å². The molecule has 0 aromatic rings. The van der Waals surface area contributed by atoms with Crippen molar-refractivity contribution in [1.82, 2.24) is 4.90 Å². The summed E-state index contributed by atoms with van der Waals surface area (Å²) in [5.74, 6) is 0.729. The largest absolute Gasteiger partial charge is 0.392 e. The maximum Gasteiger partial charge on any atom is 0.0899 e. The van der Waals surface area contributed by atoms with Crippen LogP contribution in [0.4, 0.5) is 0 Å². The number of hydrogen-bond acceptors (Lipinski definition) is 2. The highest BCUT2D eigenvalue weighted by atomic mass is 32.1. The Bertz CT molecular complexity index is 159. The molecular formula is C10H22N2S. The Morgan fingerprint density at radius 3 is 2.38 bits per heavy atom. The summed E-state index contributed by atoms with van der Waals surface area (Å²) in [6, 6.07) is 0.217. The van der Waals surface area contributed by atoms with Crippen LogP contribution in [-0.2, 0) is 0 Å². The minimum absolute atomic E-state index is 0.217. The van der Waals surface area contributed by atoms with E-state index < -0.39 is 0 Å². The predicted molar refractivity (Wildman–Crippen MR) is 62.9 cm³/mol. The smallest absolute Gasteiger partial charge is 0.0899 e. The first-order valence-corrected chi connectivity index (χ1v) is 5.39. The topological polar surface area (TPSA) is 29.3 Å². The minimum atomic E-state index is 0.217. The molecule has 3 heteroatoms. The summed E-state index contributed by atoms with van der Waals surface area (Å²) >= 11 is 4.95. The zero-order chi connectivity index (χ0) is 10.4. The van der Waals surface area contributed by atoms with Gasteiger partial charge in [0.15, 0.2) is 0 Å². The number of nitrogens with zero attached hydrogens (tertiary/aromatic N) is 1. The van der Waals surface area contributed by atoms with Crippen molar-refractivity contribution in [3.63, 3.8) is 0 Å². The van der Waals surface area contributed by atoms with Crippen LogP contribution in [0.3, 0.4) is 0 Å². The molecule has 0 heterocycles. The molecule has 0 fully saturated rings. The molecule has 0 aliphatic carbocycles. The molecule has 0 bridgehead atoms. The Kier molecular flexibility index (Phi) is 6.25. The summed E-state index contributed by atoms with van der Waals surface area (Å²) in [6.07, 6.45) is 2.52. The summed E-state index contributed by atoms with van der Waals surface area (Å²) in [5.41, 5.74) is 5.58. The Labute approximate surface area is 87.5 Å². The molecule has 13 heavy (non-hydrogen) atoms. The van der Waals surface area contributed by atoms with Gasteiger partial charge in [0.1, 0.15) is 0 Å². The third-order valence-corrected chi connectivity index (χ3v) is 2.80. The van der Waals surface area contributed by atoms with Crippen LogP contribution in [0.2, 0.25) is 0 Å². The van der Waals surface area contributed by atoms with Crippen LogP contribution in [0.25, 0.3) is 0 Å². The van der Waals surface area contributed by atoms with Gasteiger partial charge in [-0.05, 0) is 26.3 Å². The van der Waals surface area contributed by atoms with Crippen molar-refractivity contribution >= 4 is 17.2 Å². The molecule has 2 N–H and O–H groups in total. The molecule has 0 aliphatic heterocycles. The summed E-state index contributed by atoms with van der Waals surface area (Å²) < 4.78 is 0. The monoisotopic (exact) mass is 202 g/mol. The van der Waals surface area contributed by atoms with E-state index in [9.17, 15) is 0 Å². The second-order valence-electron chi connectivity index (χ2n) is 3.91. The van der Waals surface area contributed by atoms with Gasteiger partial charge in [-0.3, -0.25) is 4.90 Å². The fourth-order valence-corrected chi connectivity index (χ4v) is 1.63. The average molecular weight is 202 g/mol. The number of likely N-dealkylation sites (N-methyl/N-ethyl adjacent to an activating group) is 1. The first-order chi connectivity index (χ1) is 5.99. The van der Waals surface area contributed by atoms with E-state index in [-0.39, 0.29) is 6.04 Å². The van der Waals surface area contributed by atoms with Crippen molar-refractivity contribution in [1.29, 1.82) is 0 Å². The van der Waals surface area contributed by atoms with Crippen LogP contribution < -0.4 is 5.73 Å². The van der Waals surface area contributed by atoms with Gasteiger partial charge in [-0.15, -0.1) is 0 Å². The molecule has 78 valence electrons. The number of hydrogen-bond donors (Lipinski definition) is 1. The van der Waals surface area contributed by atoms with Crippen LogP contribution in [0.15, 0.2) is 0 Å². The molecule has 0 rings (SSSR count). The van der Waals surface area contributed by atoms with Crippen molar-refractivity contribution < 1.29 is 0 Å². The Morgan fingerprint density at radius 2 is 2.00 bits per heavy atom. The van der Waals surface area contributed by atoms with Crippen molar-refractivity contribution in [3.05, 3.63) is 0 Å². The van der Waals surface area contributed by atoms with E-state index in [2.05, 4.69) is 32.7 Å². The zero-order valence-electron chi connectivity index (χ0n) is 9.21. The maximum absolute atomic E-state index is 5.58. The fraction of sp³-hybridized carbons (Fsp3) is 0.900. The van der Waals surface area contributed by atoms with Gasteiger partial charge < -0.3 is 5.73 Å². The van der Waals surface area contributed by atoms with Gasteiger partial charge in [-0.2, -0.15) is 0 Å². The minimum Gasteiger partial charge on any atom is -0.392 e. The van der Waals surface area contributed by atoms with E-state index in [1.54, 1.807) is 0 Å². The fourth-order valence-electron chi connectivity index (χ4n) is 1.45. The second-order valence-corrected chi connectivity index (χ2v) is 4.38. The highest BCUT2D eigenvalue weighted by Gasteiger charge is 2.13. The van der Waals surface area contributed by atoms with E-state index in [1.807, 2.05) is 0 Å². The van der Waals surface area contributed by atoms with Gasteiger partial charge in [-0.1, -0.05) is 32.5 Å². The second kappa shape index (κ2) is 6.33. The van der Waals surface area contributed by atoms with Crippen LogP contribution in [0.5, 0.6) is 0 Å². The number of thiocarbonyl (C=S) groups is 1. The summed E-state index contributed by atoms with van der Waals surface area (Å²) in [7, 11) is 2.08. The molecule has 0 saturated carbocycles. The third kappa shape index (κ3) is 5.21. The van der Waals surface area contributed by atoms with Crippen molar-refractivity contribution in [3.8, 4) is 0 Å². The highest BCUT2D eigenvalue weighted by Crippen LogP contribution is 2.08. The SMILES string of the molecule is CCCC(C)CN(C)C(C)C(N)=S. The molecule has 0 aromatic heterocycles. The molecule has 0 amide bonds. The Morgan fingerprint density at radius 1 is 1.46 bits per heavy atom. The van der Waals surface area contributed by atoms with Gasteiger partial charge in [0.05, 0.1) is 11.0 Å². The standard InChI is InChI=1S/C10H22N2S/c1-5-6-8(2)7-12(4)9(3)10(11)13/h8-9H,5-7H2,1-4H3,(H2,11,13). The summed E-state index contributed by atoms with van der Waals surface area (Å²) in [6.45, 7) is 7.62. The molecule has 0 spiro atoms. The molecule has 2 nitrogen and oxygen atoms in total. The first kappa shape index (κ1) is 12.8. The quantitative estimate of drug-likeness (QED) is 0.668. The van der Waals surface area contributed by atoms with Gasteiger partial charge >= 0.3 is 0 Å². The van der Waals surface area contributed by atoms with Gasteiger partial charge in [-0.25, -0.2) is 0 Å². The molecule has 2 atom stereocenters. The normalized spacial score (nSPS) is 15.8. The van der Waals surface area contributed by atoms with Crippen LogP contribution in [0, 0.1) is 5.92 Å². The van der Waals surface area contributed by atoms with Crippen LogP contribution in [0.1, 0.15) is 33.6 Å². The zero-order valence-corrected chi connectivity index (χ0v) is 10.0. The first-order valence-electron chi connectivity index (χ1n) is 4.98. The van der Waals surface area contributed by atoms with Crippen molar-refractivity contribution in [2.24, 2.45) is 11.7 Å². The van der Waals surface area contributed by atoms with Gasteiger partial charge in [0.2, 0.25) is 0 Å². The van der Waals surface area contributed by atoms with E-state index in [1.165, 1.54) is 12.8 Å². The molecule has 0 aromatic carbocycles. The van der Waals surface area contributed by atoms with E-state index in [4.69, 9.17) is 18.0 Å². The van der Waals surface area contributed by atoms with E-state index >= 15 is 0 Å². The average Bonchev–Trinajstić information content (AvgIpc) is 2.03. The van der Waals surface area contributed by atoms with E-state index in [0.717, 1.165) is 12.5 Å². The van der Waals surface area contributed by atoms with Crippen LogP contribution >= 0.6 is 12.2 Å². The maximum atomic E-state index is 5.58. The molecule has 2 unspecified atom stereocenters. The lowest BCUT2D eigenvalue weighted by Gasteiger charge is -2.26. The van der Waals surface area contributed by atoms with Crippen LogP contribution in [-0.4, -0.2) is 29.5 Å². The third-order valence-electron chi connectivity index (χ3n) is 2.45. The number of nitrogens with two attached hydrogens (primary N) is 1. The lowest BCUT2D eigenvalue weighted by atomic mass is 10.1. The highest BCUT2D eigenvalue weighted by molar-refractivity contribution is 7.80. The van der Waals surface area contributed by atoms with Gasteiger partial charge in [0.25, 0.3) is 0 Å². The lowest BCUT2D eigenvalue weighted by molar-refractivity contribution is 0.260. The summed E-state index contributed by atoms with van der Waals surface area (Å²) in [5, 5.41) is 0. The molecule has 0 saturated heterocycles. The molecular weight excluding hydrogens is 180 g/mol. The lowest BCUT2D eigenvalue weighted by Crippen LogP contribution is -2.41. The van der Waals surface area contributed by atoms with Crippen molar-refractivity contribution in [2.75, 3.05) is 13.6 Å². The molecule has 0 radical (unpaired) electrons. The Balaban J connectivity index is 3.84. The molecule has 0 aliphatic rings. The predicted octanol–water partition coefficient (Wildman–Crippen LogP) is 2.03.